The van der Waals surface area contributed by atoms with Gasteiger partial charge < -0.3 is 20.5 Å². The molecule has 0 bridgehead atoms. The van der Waals surface area contributed by atoms with Crippen LogP contribution in [0, 0.1) is 5.21 Å². The summed E-state index contributed by atoms with van der Waals surface area (Å²) in [5, 5.41) is 29.6. The largest absolute Gasteiger partial charge is 0.634 e. The van der Waals surface area contributed by atoms with Crippen molar-refractivity contribution >= 4 is 0 Å². The molecule has 2 unspecified atom stereocenters. The predicted molar refractivity (Wildman–Crippen MR) is 102 cm³/mol. The zero-order valence-electron chi connectivity index (χ0n) is 16.1. The van der Waals surface area contributed by atoms with Crippen LogP contribution in [0.5, 0.6) is 0 Å². The topological polar surface area (TPSA) is 68.0 Å². The first kappa shape index (κ1) is 23.8. The van der Waals surface area contributed by atoms with E-state index in [0.717, 1.165) is 19.3 Å². The van der Waals surface area contributed by atoms with Gasteiger partial charge in [0, 0.05) is 6.42 Å². The highest BCUT2D eigenvalue weighted by atomic mass is 16.5. The summed E-state index contributed by atoms with van der Waals surface area (Å²) in [7, 11) is 0. The molecule has 0 fully saturated rings. The number of hydrogen-bond acceptors (Lipinski definition) is 3. The van der Waals surface area contributed by atoms with Crippen molar-refractivity contribution in [1.29, 1.82) is 0 Å². The van der Waals surface area contributed by atoms with Crippen LogP contribution < -0.4 is 5.06 Å². The Morgan fingerprint density at radius 1 is 0.708 bits per heavy atom. The Balaban J connectivity index is 3.24. The average molecular weight is 346 g/mol. The summed E-state index contributed by atoms with van der Waals surface area (Å²) in [5.74, 6) is 0. The summed E-state index contributed by atoms with van der Waals surface area (Å²) in [6, 6.07) is -0.255. The zero-order valence-corrected chi connectivity index (χ0v) is 16.1. The average Bonchev–Trinajstić information content (AvgIpc) is 2.58. The third kappa shape index (κ3) is 15.4. The maximum Gasteiger partial charge on any atom is 0.111 e. The summed E-state index contributed by atoms with van der Waals surface area (Å²) in [4.78, 5) is 0. The van der Waals surface area contributed by atoms with Crippen LogP contribution in [0.15, 0.2) is 0 Å². The van der Waals surface area contributed by atoms with Crippen LogP contribution in [-0.2, 0) is 0 Å². The third-order valence-electron chi connectivity index (χ3n) is 4.94. The fourth-order valence-corrected chi connectivity index (χ4v) is 3.25. The second kappa shape index (κ2) is 19.2. The molecular weight excluding hydrogens is 302 g/mol. The Hall–Kier alpha value is -0.160. The first-order valence-electron chi connectivity index (χ1n) is 10.5. The van der Waals surface area contributed by atoms with Crippen LogP contribution in [-0.4, -0.2) is 36.0 Å². The molecule has 0 aliphatic carbocycles. The second-order valence-corrected chi connectivity index (χ2v) is 7.20. The Labute approximate surface area is 150 Å². The third-order valence-corrected chi connectivity index (χ3v) is 4.94. The molecule has 0 aliphatic heterocycles. The standard InChI is InChI=1S/C20H43NO3/c1-2-3-4-5-6-7-8-9-10-11-12-13-14-15-16-20(19-23)21(24)17-18-22/h20-23H,2-19H2,1H3. The van der Waals surface area contributed by atoms with Gasteiger partial charge in [0.25, 0.3) is 0 Å². The van der Waals surface area contributed by atoms with Crippen molar-refractivity contribution < 1.29 is 15.3 Å². The highest BCUT2D eigenvalue weighted by Crippen LogP contribution is 2.13. The van der Waals surface area contributed by atoms with Crippen LogP contribution >= 0.6 is 0 Å². The fourth-order valence-electron chi connectivity index (χ4n) is 3.25. The van der Waals surface area contributed by atoms with E-state index in [1.165, 1.54) is 77.0 Å². The molecule has 0 heterocycles. The maximum absolute atomic E-state index is 11.6. The molecule has 0 amide bonds. The molecule has 0 aromatic carbocycles. The molecular formula is C20H43NO3. The van der Waals surface area contributed by atoms with E-state index in [2.05, 4.69) is 6.92 Å². The number of aliphatic hydroxyl groups is 2. The number of unbranched alkanes of at least 4 members (excludes halogenated alkanes) is 13. The number of rotatable bonds is 19. The van der Waals surface area contributed by atoms with Gasteiger partial charge in [0.1, 0.15) is 12.6 Å². The SMILES string of the molecule is CCCCCCCCCCCCCCCCC(CO)[NH+]([O-])CCO. The van der Waals surface area contributed by atoms with Gasteiger partial charge in [-0.2, -0.15) is 0 Å². The van der Waals surface area contributed by atoms with Crippen molar-refractivity contribution in [2.75, 3.05) is 19.8 Å². The van der Waals surface area contributed by atoms with E-state index < -0.39 is 0 Å². The summed E-state index contributed by atoms with van der Waals surface area (Å²) in [6.07, 6.45) is 19.4. The van der Waals surface area contributed by atoms with E-state index in [1.54, 1.807) is 0 Å². The molecule has 3 N–H and O–H groups in total. The molecule has 0 rings (SSSR count). The molecule has 146 valence electrons. The number of quaternary nitrogens is 1. The Bertz CT molecular complexity index is 239. The minimum Gasteiger partial charge on any atom is -0.634 e. The zero-order chi connectivity index (χ0) is 17.9. The van der Waals surface area contributed by atoms with Gasteiger partial charge in [0.05, 0.1) is 13.2 Å². The lowest BCUT2D eigenvalue weighted by Crippen LogP contribution is -3.12. The summed E-state index contributed by atoms with van der Waals surface area (Å²) >= 11 is 0. The van der Waals surface area contributed by atoms with Crippen LogP contribution in [0.4, 0.5) is 0 Å². The van der Waals surface area contributed by atoms with Gasteiger partial charge in [-0.25, -0.2) is 0 Å². The lowest BCUT2D eigenvalue weighted by atomic mass is 10.0. The van der Waals surface area contributed by atoms with Crippen molar-refractivity contribution in [2.24, 2.45) is 0 Å². The Morgan fingerprint density at radius 3 is 1.50 bits per heavy atom. The minimum atomic E-state index is -0.255. The van der Waals surface area contributed by atoms with Crippen molar-refractivity contribution in [1.82, 2.24) is 0 Å². The van der Waals surface area contributed by atoms with Gasteiger partial charge in [-0.3, -0.25) is 0 Å². The van der Waals surface area contributed by atoms with Crippen molar-refractivity contribution in [3.8, 4) is 0 Å². The van der Waals surface area contributed by atoms with E-state index in [0.29, 0.717) is 0 Å². The molecule has 0 spiro atoms. The number of nitrogens with one attached hydrogen (secondary N) is 1. The minimum absolute atomic E-state index is 0.00898. The molecule has 0 aromatic heterocycles. The quantitative estimate of drug-likeness (QED) is 0.247. The van der Waals surface area contributed by atoms with Gasteiger partial charge in [-0.05, 0) is 6.42 Å². The molecule has 0 radical (unpaired) electrons. The highest BCUT2D eigenvalue weighted by Gasteiger charge is 2.13. The van der Waals surface area contributed by atoms with Crippen LogP contribution in [0.25, 0.3) is 0 Å². The van der Waals surface area contributed by atoms with Gasteiger partial charge in [0.15, 0.2) is 0 Å². The number of aliphatic hydroxyl groups excluding tert-OH is 2. The maximum atomic E-state index is 11.6. The van der Waals surface area contributed by atoms with Crippen LogP contribution in [0.1, 0.15) is 103 Å². The molecule has 0 saturated heterocycles. The first-order chi connectivity index (χ1) is 11.8. The van der Waals surface area contributed by atoms with Gasteiger partial charge in [-0.1, -0.05) is 90.4 Å². The number of hydroxylamine groups is 2. The molecule has 0 aliphatic rings. The monoisotopic (exact) mass is 345 g/mol. The summed E-state index contributed by atoms with van der Waals surface area (Å²) in [5.41, 5.74) is 0. The normalized spacial score (nSPS) is 14.0. The van der Waals surface area contributed by atoms with E-state index >= 15 is 0 Å². The molecule has 4 nitrogen and oxygen atoms in total. The molecule has 0 aromatic rings. The van der Waals surface area contributed by atoms with Gasteiger partial charge in [0.2, 0.25) is 0 Å². The molecule has 4 heteroatoms. The second-order valence-electron chi connectivity index (χ2n) is 7.20. The van der Waals surface area contributed by atoms with Gasteiger partial charge in [-0.15, -0.1) is 0 Å². The number of hydrogen-bond donors (Lipinski definition) is 3. The van der Waals surface area contributed by atoms with E-state index in [4.69, 9.17) is 5.11 Å². The van der Waals surface area contributed by atoms with Crippen molar-refractivity contribution in [3.05, 3.63) is 5.21 Å². The lowest BCUT2D eigenvalue weighted by molar-refractivity contribution is -0.877. The van der Waals surface area contributed by atoms with Crippen LogP contribution in [0.3, 0.4) is 0 Å². The fraction of sp³-hybridized carbons (Fsp3) is 1.00. The lowest BCUT2D eigenvalue weighted by Gasteiger charge is -2.29. The van der Waals surface area contributed by atoms with E-state index in [1.807, 2.05) is 0 Å². The Morgan fingerprint density at radius 2 is 1.12 bits per heavy atom. The van der Waals surface area contributed by atoms with Crippen molar-refractivity contribution in [3.63, 3.8) is 0 Å². The Kier molecular flexibility index (Phi) is 19.0. The summed E-state index contributed by atoms with van der Waals surface area (Å²) in [6.45, 7) is 2.27. The van der Waals surface area contributed by atoms with E-state index in [-0.39, 0.29) is 30.9 Å². The van der Waals surface area contributed by atoms with E-state index in [9.17, 15) is 10.3 Å². The molecule has 24 heavy (non-hydrogen) atoms. The van der Waals surface area contributed by atoms with Gasteiger partial charge >= 0.3 is 0 Å². The first-order valence-corrected chi connectivity index (χ1v) is 10.5. The van der Waals surface area contributed by atoms with Crippen molar-refractivity contribution in [2.45, 2.75) is 109 Å². The smallest absolute Gasteiger partial charge is 0.111 e. The predicted octanol–water partition coefficient (Wildman–Crippen LogP) is 3.59. The highest BCUT2D eigenvalue weighted by molar-refractivity contribution is 4.56. The summed E-state index contributed by atoms with van der Waals surface area (Å²) < 4.78 is 0. The molecule has 2 atom stereocenters. The van der Waals surface area contributed by atoms with Crippen LogP contribution in [0.2, 0.25) is 0 Å². The molecule has 0 saturated carbocycles.